The van der Waals surface area contributed by atoms with Crippen molar-refractivity contribution in [3.8, 4) is 0 Å². The van der Waals surface area contributed by atoms with Crippen molar-refractivity contribution in [2.75, 3.05) is 6.54 Å². The molecule has 0 aliphatic carbocycles. The van der Waals surface area contributed by atoms with Gasteiger partial charge in [0, 0.05) is 10.5 Å². The Bertz CT molecular complexity index is 388. The third kappa shape index (κ3) is 3.72. The molecule has 88 valence electrons. The Kier molecular flexibility index (Phi) is 5.16. The van der Waals surface area contributed by atoms with Crippen LogP contribution in [0.25, 0.3) is 6.08 Å². The monoisotopic (exact) mass is 285 g/mol. The van der Waals surface area contributed by atoms with Crippen LogP contribution in [-0.4, -0.2) is 12.6 Å². The molecule has 1 unspecified atom stereocenters. The highest BCUT2D eigenvalue weighted by Gasteiger charge is 2.04. The molecule has 0 aliphatic heterocycles. The fourth-order valence-electron chi connectivity index (χ4n) is 1.46. The first-order valence-electron chi connectivity index (χ1n) is 5.41. The normalized spacial score (nSPS) is 13.9. The van der Waals surface area contributed by atoms with Crippen molar-refractivity contribution in [2.45, 2.75) is 26.8 Å². The van der Waals surface area contributed by atoms with Crippen LogP contribution in [0.4, 0.5) is 4.39 Å². The number of hydrogen-bond acceptors (Lipinski definition) is 1. The highest BCUT2D eigenvalue weighted by Crippen LogP contribution is 2.21. The van der Waals surface area contributed by atoms with E-state index in [1.807, 2.05) is 0 Å². The molecule has 0 spiro atoms. The van der Waals surface area contributed by atoms with E-state index in [1.54, 1.807) is 6.07 Å². The minimum absolute atomic E-state index is 0.221. The predicted octanol–water partition coefficient (Wildman–Crippen LogP) is 3.99. The van der Waals surface area contributed by atoms with Crippen LogP contribution in [0, 0.1) is 5.82 Å². The molecule has 16 heavy (non-hydrogen) atoms. The first-order valence-corrected chi connectivity index (χ1v) is 6.20. The Morgan fingerprint density at radius 3 is 2.81 bits per heavy atom. The van der Waals surface area contributed by atoms with Crippen LogP contribution in [0.2, 0.25) is 0 Å². The summed E-state index contributed by atoms with van der Waals surface area (Å²) in [6.45, 7) is 7.21. The minimum Gasteiger partial charge on any atom is -0.311 e. The van der Waals surface area contributed by atoms with E-state index in [2.05, 4.69) is 48.1 Å². The Balaban J connectivity index is 2.89. The second-order valence-corrected chi connectivity index (χ2v) is 4.69. The molecule has 0 saturated carbocycles. The molecule has 1 atom stereocenters. The molecule has 0 heterocycles. The number of rotatable bonds is 4. The quantitative estimate of drug-likeness (QED) is 0.882. The summed E-state index contributed by atoms with van der Waals surface area (Å²) in [6.07, 6.45) is 2.07. The van der Waals surface area contributed by atoms with Gasteiger partial charge in [0.15, 0.2) is 0 Å². The van der Waals surface area contributed by atoms with E-state index in [-0.39, 0.29) is 5.82 Å². The summed E-state index contributed by atoms with van der Waals surface area (Å²) in [6, 6.07) is 5.07. The molecule has 1 rings (SSSR count). The number of nitrogens with one attached hydrogen (secondary N) is 1. The van der Waals surface area contributed by atoms with Crippen molar-refractivity contribution in [2.24, 2.45) is 0 Å². The fourth-order valence-corrected chi connectivity index (χ4v) is 1.92. The molecule has 1 nitrogen and oxygen atoms in total. The Morgan fingerprint density at radius 2 is 2.25 bits per heavy atom. The van der Waals surface area contributed by atoms with Crippen LogP contribution in [0.1, 0.15) is 26.3 Å². The van der Waals surface area contributed by atoms with Crippen molar-refractivity contribution in [1.82, 2.24) is 5.32 Å². The van der Waals surface area contributed by atoms with Gasteiger partial charge < -0.3 is 5.32 Å². The SMILES string of the molecule is CCNC(C)/C(C)=C/c1ccc(F)cc1Br. The average Bonchev–Trinajstić information content (AvgIpc) is 2.22. The summed E-state index contributed by atoms with van der Waals surface area (Å²) >= 11 is 3.36. The van der Waals surface area contributed by atoms with Crippen LogP contribution in [0.5, 0.6) is 0 Å². The van der Waals surface area contributed by atoms with Crippen molar-refractivity contribution in [1.29, 1.82) is 0 Å². The van der Waals surface area contributed by atoms with E-state index in [0.717, 1.165) is 16.6 Å². The molecule has 1 N–H and O–H groups in total. The summed E-state index contributed by atoms with van der Waals surface area (Å²) in [5.41, 5.74) is 2.23. The van der Waals surface area contributed by atoms with Gasteiger partial charge in [0.1, 0.15) is 5.82 Å². The summed E-state index contributed by atoms with van der Waals surface area (Å²) < 4.78 is 13.7. The van der Waals surface area contributed by atoms with Crippen molar-refractivity contribution in [3.63, 3.8) is 0 Å². The lowest BCUT2D eigenvalue weighted by molar-refractivity contribution is 0.626. The number of halogens is 2. The van der Waals surface area contributed by atoms with Gasteiger partial charge in [-0.25, -0.2) is 4.39 Å². The topological polar surface area (TPSA) is 12.0 Å². The summed E-state index contributed by atoms with van der Waals surface area (Å²) in [7, 11) is 0. The Morgan fingerprint density at radius 1 is 1.56 bits per heavy atom. The maximum atomic E-state index is 12.9. The molecule has 0 aromatic heterocycles. The lowest BCUT2D eigenvalue weighted by Crippen LogP contribution is -2.26. The van der Waals surface area contributed by atoms with Gasteiger partial charge >= 0.3 is 0 Å². The number of benzene rings is 1. The maximum Gasteiger partial charge on any atom is 0.124 e. The van der Waals surface area contributed by atoms with E-state index >= 15 is 0 Å². The highest BCUT2D eigenvalue weighted by molar-refractivity contribution is 9.10. The van der Waals surface area contributed by atoms with E-state index < -0.39 is 0 Å². The molecular weight excluding hydrogens is 269 g/mol. The largest absolute Gasteiger partial charge is 0.311 e. The lowest BCUT2D eigenvalue weighted by Gasteiger charge is -2.13. The molecule has 0 amide bonds. The van der Waals surface area contributed by atoms with Crippen molar-refractivity contribution >= 4 is 22.0 Å². The maximum absolute atomic E-state index is 12.9. The summed E-state index contributed by atoms with van der Waals surface area (Å²) in [5, 5.41) is 3.34. The van der Waals surface area contributed by atoms with Crippen molar-refractivity contribution in [3.05, 3.63) is 39.6 Å². The molecule has 0 aliphatic rings. The fraction of sp³-hybridized carbons (Fsp3) is 0.385. The molecule has 1 aromatic rings. The van der Waals surface area contributed by atoms with Gasteiger partial charge in [0.2, 0.25) is 0 Å². The molecular formula is C13H17BrFN. The smallest absolute Gasteiger partial charge is 0.124 e. The van der Waals surface area contributed by atoms with Crippen LogP contribution in [-0.2, 0) is 0 Å². The van der Waals surface area contributed by atoms with Gasteiger partial charge in [-0.3, -0.25) is 0 Å². The molecule has 1 aromatic carbocycles. The van der Waals surface area contributed by atoms with Crippen LogP contribution < -0.4 is 5.32 Å². The van der Waals surface area contributed by atoms with E-state index in [4.69, 9.17) is 0 Å². The number of hydrogen-bond donors (Lipinski definition) is 1. The van der Waals surface area contributed by atoms with Gasteiger partial charge in [0.25, 0.3) is 0 Å². The molecule has 0 bridgehead atoms. The van der Waals surface area contributed by atoms with Crippen molar-refractivity contribution < 1.29 is 4.39 Å². The van der Waals surface area contributed by atoms with Gasteiger partial charge in [0.05, 0.1) is 0 Å². The third-order valence-electron chi connectivity index (χ3n) is 2.54. The Hall–Kier alpha value is -0.670. The highest BCUT2D eigenvalue weighted by atomic mass is 79.9. The third-order valence-corrected chi connectivity index (χ3v) is 3.23. The summed E-state index contributed by atoms with van der Waals surface area (Å²) in [4.78, 5) is 0. The summed E-state index contributed by atoms with van der Waals surface area (Å²) in [5.74, 6) is -0.221. The van der Waals surface area contributed by atoms with Crippen LogP contribution >= 0.6 is 15.9 Å². The predicted molar refractivity (Wildman–Crippen MR) is 70.9 cm³/mol. The van der Waals surface area contributed by atoms with Gasteiger partial charge in [-0.05, 0) is 38.1 Å². The van der Waals surface area contributed by atoms with Crippen LogP contribution in [0.15, 0.2) is 28.2 Å². The zero-order chi connectivity index (χ0) is 12.1. The zero-order valence-corrected chi connectivity index (χ0v) is 11.4. The van der Waals surface area contributed by atoms with Gasteiger partial charge in [-0.1, -0.05) is 40.6 Å². The first kappa shape index (κ1) is 13.4. The van der Waals surface area contributed by atoms with Gasteiger partial charge in [-0.2, -0.15) is 0 Å². The molecule has 0 radical (unpaired) electrons. The molecule has 0 fully saturated rings. The second kappa shape index (κ2) is 6.16. The Labute approximate surface area is 105 Å². The first-order chi connectivity index (χ1) is 7.54. The average molecular weight is 286 g/mol. The van der Waals surface area contributed by atoms with E-state index in [0.29, 0.717) is 6.04 Å². The zero-order valence-electron chi connectivity index (χ0n) is 9.85. The van der Waals surface area contributed by atoms with E-state index in [1.165, 1.54) is 17.7 Å². The lowest BCUT2D eigenvalue weighted by atomic mass is 10.1. The second-order valence-electron chi connectivity index (χ2n) is 3.83. The standard InChI is InChI=1S/C13H17BrFN/c1-4-16-10(3)9(2)7-11-5-6-12(15)8-13(11)14/h5-8,10,16H,4H2,1-3H3/b9-7+. The minimum atomic E-state index is -0.221. The van der Waals surface area contributed by atoms with Crippen LogP contribution in [0.3, 0.4) is 0 Å². The van der Waals surface area contributed by atoms with Gasteiger partial charge in [-0.15, -0.1) is 0 Å². The number of likely N-dealkylation sites (N-methyl/N-ethyl adjacent to an activating group) is 1. The molecule has 3 heteroatoms. The molecule has 0 saturated heterocycles. The van der Waals surface area contributed by atoms with E-state index in [9.17, 15) is 4.39 Å².